The summed E-state index contributed by atoms with van der Waals surface area (Å²) in [6.07, 6.45) is 2.28. The van der Waals surface area contributed by atoms with Crippen LogP contribution in [-0.2, 0) is 4.79 Å². The van der Waals surface area contributed by atoms with Gasteiger partial charge in [0.15, 0.2) is 0 Å². The number of benzene rings is 1. The first-order valence-electron chi connectivity index (χ1n) is 7.09. The Bertz CT molecular complexity index is 448. The summed E-state index contributed by atoms with van der Waals surface area (Å²) in [6.45, 7) is 8.15. The van der Waals surface area contributed by atoms with Crippen LogP contribution in [0.25, 0.3) is 0 Å². The van der Waals surface area contributed by atoms with Gasteiger partial charge in [0.25, 0.3) is 0 Å². The minimum absolute atomic E-state index is 0.117. The Hall–Kier alpha value is -1.35. The molecular formula is C16H24N2O. The van der Waals surface area contributed by atoms with Crippen LogP contribution in [-0.4, -0.2) is 19.0 Å². The van der Waals surface area contributed by atoms with E-state index in [9.17, 15) is 4.79 Å². The molecule has 1 aliphatic rings. The Morgan fingerprint density at radius 1 is 1.42 bits per heavy atom. The average Bonchev–Trinajstić information content (AvgIpc) is 2.39. The van der Waals surface area contributed by atoms with E-state index in [1.165, 1.54) is 0 Å². The maximum absolute atomic E-state index is 12.5. The molecule has 19 heavy (non-hydrogen) atoms. The first-order valence-corrected chi connectivity index (χ1v) is 7.09. The molecule has 2 rings (SSSR count). The fraction of sp³-hybridized carbons (Fsp3) is 0.562. The van der Waals surface area contributed by atoms with Gasteiger partial charge in [0.05, 0.1) is 0 Å². The van der Waals surface area contributed by atoms with E-state index in [4.69, 9.17) is 0 Å². The predicted octanol–water partition coefficient (Wildman–Crippen LogP) is 2.96. The van der Waals surface area contributed by atoms with Crippen molar-refractivity contribution in [2.75, 3.05) is 18.4 Å². The lowest BCUT2D eigenvalue weighted by Gasteiger charge is -2.36. The van der Waals surface area contributed by atoms with Crippen molar-refractivity contribution in [3.63, 3.8) is 0 Å². The zero-order chi connectivity index (χ0) is 13.9. The van der Waals surface area contributed by atoms with Gasteiger partial charge in [-0.1, -0.05) is 26.0 Å². The van der Waals surface area contributed by atoms with E-state index in [1.807, 2.05) is 31.2 Å². The second kappa shape index (κ2) is 5.74. The molecule has 3 nitrogen and oxygen atoms in total. The Morgan fingerprint density at radius 2 is 2.21 bits per heavy atom. The third kappa shape index (κ3) is 3.35. The third-order valence-corrected chi connectivity index (χ3v) is 4.18. The normalized spacial score (nSPS) is 20.1. The SMILES string of the molecule is Cc1cccc(NC(=O)C(C)(C)C2CCCNC2)c1. The molecule has 1 saturated heterocycles. The molecule has 1 unspecified atom stereocenters. The van der Waals surface area contributed by atoms with Gasteiger partial charge in [0.2, 0.25) is 5.91 Å². The Labute approximate surface area is 115 Å². The van der Waals surface area contributed by atoms with Crippen LogP contribution in [0.3, 0.4) is 0 Å². The van der Waals surface area contributed by atoms with Crippen LogP contribution in [0.2, 0.25) is 0 Å². The van der Waals surface area contributed by atoms with Crippen molar-refractivity contribution in [1.29, 1.82) is 0 Å². The summed E-state index contributed by atoms with van der Waals surface area (Å²) in [5, 5.41) is 6.44. The van der Waals surface area contributed by atoms with E-state index in [0.29, 0.717) is 5.92 Å². The van der Waals surface area contributed by atoms with Crippen molar-refractivity contribution in [2.24, 2.45) is 11.3 Å². The zero-order valence-electron chi connectivity index (χ0n) is 12.1. The fourth-order valence-corrected chi connectivity index (χ4v) is 2.67. The number of aryl methyl sites for hydroxylation is 1. The van der Waals surface area contributed by atoms with Crippen LogP contribution in [0, 0.1) is 18.3 Å². The smallest absolute Gasteiger partial charge is 0.230 e. The molecular weight excluding hydrogens is 236 g/mol. The first-order chi connectivity index (χ1) is 9.00. The molecule has 0 aliphatic carbocycles. The minimum atomic E-state index is -0.336. The molecule has 0 radical (unpaired) electrons. The number of hydrogen-bond donors (Lipinski definition) is 2. The molecule has 0 saturated carbocycles. The van der Waals surface area contributed by atoms with E-state index in [-0.39, 0.29) is 11.3 Å². The predicted molar refractivity (Wildman–Crippen MR) is 79.2 cm³/mol. The number of amides is 1. The summed E-state index contributed by atoms with van der Waals surface area (Å²) in [5.41, 5.74) is 1.72. The third-order valence-electron chi connectivity index (χ3n) is 4.18. The van der Waals surface area contributed by atoms with E-state index in [0.717, 1.165) is 37.2 Å². The van der Waals surface area contributed by atoms with Crippen molar-refractivity contribution in [1.82, 2.24) is 5.32 Å². The van der Waals surface area contributed by atoms with Gasteiger partial charge in [-0.15, -0.1) is 0 Å². The van der Waals surface area contributed by atoms with Gasteiger partial charge >= 0.3 is 0 Å². The number of carbonyl (C=O) groups is 1. The van der Waals surface area contributed by atoms with E-state index in [1.54, 1.807) is 0 Å². The molecule has 1 amide bonds. The summed E-state index contributed by atoms with van der Waals surface area (Å²) in [7, 11) is 0. The monoisotopic (exact) mass is 260 g/mol. The second-order valence-corrected chi connectivity index (χ2v) is 6.09. The van der Waals surface area contributed by atoms with E-state index >= 15 is 0 Å². The van der Waals surface area contributed by atoms with Gasteiger partial charge in [-0.05, 0) is 56.5 Å². The maximum Gasteiger partial charge on any atom is 0.230 e. The topological polar surface area (TPSA) is 41.1 Å². The minimum Gasteiger partial charge on any atom is -0.326 e. The quantitative estimate of drug-likeness (QED) is 0.877. The molecule has 1 aromatic carbocycles. The van der Waals surface area contributed by atoms with Gasteiger partial charge in [-0.2, -0.15) is 0 Å². The van der Waals surface area contributed by atoms with Crippen LogP contribution in [0.4, 0.5) is 5.69 Å². The summed E-state index contributed by atoms with van der Waals surface area (Å²) in [5.74, 6) is 0.526. The van der Waals surface area contributed by atoms with Crippen molar-refractivity contribution in [3.8, 4) is 0 Å². The molecule has 1 aliphatic heterocycles. The molecule has 1 aromatic rings. The molecule has 1 fully saturated rings. The van der Waals surface area contributed by atoms with Crippen LogP contribution in [0.5, 0.6) is 0 Å². The number of carbonyl (C=O) groups excluding carboxylic acids is 1. The van der Waals surface area contributed by atoms with E-state index in [2.05, 4.69) is 24.5 Å². The lowest BCUT2D eigenvalue weighted by atomic mass is 9.74. The van der Waals surface area contributed by atoms with Crippen molar-refractivity contribution in [3.05, 3.63) is 29.8 Å². The Kier molecular flexibility index (Phi) is 4.25. The second-order valence-electron chi connectivity index (χ2n) is 6.09. The van der Waals surface area contributed by atoms with E-state index < -0.39 is 0 Å². The highest BCUT2D eigenvalue weighted by atomic mass is 16.2. The van der Waals surface area contributed by atoms with Crippen LogP contribution in [0.15, 0.2) is 24.3 Å². The first kappa shape index (κ1) is 14.1. The maximum atomic E-state index is 12.5. The van der Waals surface area contributed by atoms with Gasteiger partial charge in [-0.3, -0.25) is 4.79 Å². The molecule has 1 atom stereocenters. The fourth-order valence-electron chi connectivity index (χ4n) is 2.67. The lowest BCUT2D eigenvalue weighted by Crippen LogP contribution is -2.44. The van der Waals surface area contributed by atoms with Crippen molar-refractivity contribution >= 4 is 11.6 Å². The Morgan fingerprint density at radius 3 is 2.84 bits per heavy atom. The van der Waals surface area contributed by atoms with Crippen LogP contribution < -0.4 is 10.6 Å². The molecule has 0 aromatic heterocycles. The Balaban J connectivity index is 2.05. The number of anilines is 1. The highest BCUT2D eigenvalue weighted by Crippen LogP contribution is 2.33. The number of hydrogen-bond acceptors (Lipinski definition) is 2. The standard InChI is InChI=1S/C16H24N2O/c1-12-6-4-8-14(10-12)18-15(19)16(2,3)13-7-5-9-17-11-13/h4,6,8,10,13,17H,5,7,9,11H2,1-3H3,(H,18,19). The lowest BCUT2D eigenvalue weighted by molar-refractivity contribution is -0.127. The molecule has 2 N–H and O–H groups in total. The van der Waals surface area contributed by atoms with Gasteiger partial charge in [0.1, 0.15) is 0 Å². The highest BCUT2D eigenvalue weighted by molar-refractivity contribution is 5.95. The van der Waals surface area contributed by atoms with Gasteiger partial charge < -0.3 is 10.6 Å². The average molecular weight is 260 g/mol. The zero-order valence-corrected chi connectivity index (χ0v) is 12.1. The van der Waals surface area contributed by atoms with Crippen LogP contribution >= 0.6 is 0 Å². The number of rotatable bonds is 3. The highest BCUT2D eigenvalue weighted by Gasteiger charge is 2.37. The van der Waals surface area contributed by atoms with Crippen molar-refractivity contribution < 1.29 is 4.79 Å². The molecule has 104 valence electrons. The molecule has 3 heteroatoms. The molecule has 1 heterocycles. The summed E-state index contributed by atoms with van der Waals surface area (Å²) < 4.78 is 0. The molecule has 0 spiro atoms. The summed E-state index contributed by atoms with van der Waals surface area (Å²) >= 11 is 0. The number of nitrogens with one attached hydrogen (secondary N) is 2. The number of piperidine rings is 1. The van der Waals surface area contributed by atoms with Crippen molar-refractivity contribution in [2.45, 2.75) is 33.6 Å². The molecule has 0 bridgehead atoms. The largest absolute Gasteiger partial charge is 0.326 e. The van der Waals surface area contributed by atoms with Crippen LogP contribution in [0.1, 0.15) is 32.3 Å². The summed E-state index contributed by atoms with van der Waals surface area (Å²) in [6, 6.07) is 7.96. The summed E-state index contributed by atoms with van der Waals surface area (Å²) in [4.78, 5) is 12.5. The van der Waals surface area contributed by atoms with Gasteiger partial charge in [0, 0.05) is 11.1 Å². The van der Waals surface area contributed by atoms with Gasteiger partial charge in [-0.25, -0.2) is 0 Å².